The molecule has 2 aromatic rings. The maximum atomic E-state index is 13.9. The van der Waals surface area contributed by atoms with E-state index in [1.54, 1.807) is 12.1 Å². The third-order valence-electron chi connectivity index (χ3n) is 3.33. The van der Waals surface area contributed by atoms with Crippen molar-refractivity contribution in [3.63, 3.8) is 0 Å². The summed E-state index contributed by atoms with van der Waals surface area (Å²) in [5.41, 5.74) is 0.743. The summed E-state index contributed by atoms with van der Waals surface area (Å²) in [7, 11) is 0. The molecule has 25 heavy (non-hydrogen) atoms. The van der Waals surface area contributed by atoms with Gasteiger partial charge in [0.05, 0.1) is 0 Å². The minimum Gasteiger partial charge on any atom is -0.354 e. The number of amides is 1. The Kier molecular flexibility index (Phi) is 9.49. The van der Waals surface area contributed by atoms with Gasteiger partial charge in [-0.05, 0) is 30.3 Å². The lowest BCUT2D eigenvalue weighted by molar-refractivity contribution is -0.120. The molecule has 7 heteroatoms. The van der Waals surface area contributed by atoms with Gasteiger partial charge in [-0.1, -0.05) is 37.3 Å². The Morgan fingerprint density at radius 1 is 1.12 bits per heavy atom. The summed E-state index contributed by atoms with van der Waals surface area (Å²) >= 11 is 1.01. The molecule has 1 amide bonds. The number of carbonyl (C=O) groups is 1. The lowest BCUT2D eigenvalue weighted by Gasteiger charge is -2.17. The Morgan fingerprint density at radius 2 is 1.84 bits per heavy atom. The summed E-state index contributed by atoms with van der Waals surface area (Å²) < 4.78 is 27.3. The third-order valence-corrected chi connectivity index (χ3v) is 4.62. The van der Waals surface area contributed by atoms with Crippen molar-refractivity contribution in [3.05, 3.63) is 65.7 Å². The fourth-order valence-electron chi connectivity index (χ4n) is 2.14. The summed E-state index contributed by atoms with van der Waals surface area (Å²) in [5.74, 6) is -1.30. The van der Waals surface area contributed by atoms with E-state index in [1.807, 2.05) is 25.1 Å². The van der Waals surface area contributed by atoms with E-state index < -0.39 is 16.9 Å². The van der Waals surface area contributed by atoms with Crippen LogP contribution in [0.5, 0.6) is 0 Å². The molecule has 1 atom stereocenters. The number of hydrogen-bond acceptors (Lipinski definition) is 3. The molecule has 2 aromatic carbocycles. The average Bonchev–Trinajstić information content (AvgIpc) is 2.60. The number of rotatable bonds is 8. The average molecular weight is 387 g/mol. The van der Waals surface area contributed by atoms with Gasteiger partial charge in [-0.3, -0.25) is 4.79 Å². The van der Waals surface area contributed by atoms with Crippen molar-refractivity contribution >= 4 is 30.1 Å². The molecule has 0 saturated carbocycles. The summed E-state index contributed by atoms with van der Waals surface area (Å²) in [5, 5.41) is 5.30. The van der Waals surface area contributed by atoms with Crippen molar-refractivity contribution in [1.29, 1.82) is 0 Å². The van der Waals surface area contributed by atoms with E-state index in [0.29, 0.717) is 13.1 Å². The molecule has 0 heterocycles. The van der Waals surface area contributed by atoms with Crippen molar-refractivity contribution in [2.75, 3.05) is 19.6 Å². The van der Waals surface area contributed by atoms with Gasteiger partial charge in [0.2, 0.25) is 5.91 Å². The molecule has 0 aliphatic carbocycles. The van der Waals surface area contributed by atoms with E-state index in [-0.39, 0.29) is 23.2 Å². The number of hydrogen-bond donors (Lipinski definition) is 2. The van der Waals surface area contributed by atoms with E-state index >= 15 is 0 Å². The number of thioether (sulfide) groups is 1. The first kappa shape index (κ1) is 21.4. The van der Waals surface area contributed by atoms with Gasteiger partial charge < -0.3 is 10.6 Å². The van der Waals surface area contributed by atoms with Crippen LogP contribution in [-0.2, 0) is 4.79 Å². The van der Waals surface area contributed by atoms with Crippen LogP contribution >= 0.6 is 24.2 Å². The minimum atomic E-state index is -0.649. The SMILES string of the molecule is CCNCCNC(=O)C(Sc1cc(F)ccc1F)c1ccccc1.Cl. The van der Waals surface area contributed by atoms with Crippen LogP contribution in [0.3, 0.4) is 0 Å². The first-order chi connectivity index (χ1) is 11.6. The highest BCUT2D eigenvalue weighted by atomic mass is 35.5. The maximum Gasteiger partial charge on any atom is 0.238 e. The molecule has 0 aliphatic rings. The molecular weight excluding hydrogens is 366 g/mol. The molecule has 0 saturated heterocycles. The second-order valence-electron chi connectivity index (χ2n) is 5.13. The van der Waals surface area contributed by atoms with Gasteiger partial charge in [-0.15, -0.1) is 24.2 Å². The van der Waals surface area contributed by atoms with Gasteiger partial charge in [0.1, 0.15) is 16.9 Å². The molecule has 0 aromatic heterocycles. The second-order valence-corrected chi connectivity index (χ2v) is 6.27. The van der Waals surface area contributed by atoms with Gasteiger partial charge >= 0.3 is 0 Å². The first-order valence-corrected chi connectivity index (χ1v) is 8.65. The summed E-state index contributed by atoms with van der Waals surface area (Å²) in [6, 6.07) is 12.3. The Hall–Kier alpha value is -1.63. The lowest BCUT2D eigenvalue weighted by atomic mass is 10.1. The molecule has 0 radical (unpaired) electrons. The number of benzene rings is 2. The van der Waals surface area contributed by atoms with Crippen LogP contribution in [0.4, 0.5) is 8.78 Å². The Morgan fingerprint density at radius 3 is 2.52 bits per heavy atom. The zero-order chi connectivity index (χ0) is 17.4. The highest BCUT2D eigenvalue weighted by Gasteiger charge is 2.23. The second kappa shape index (κ2) is 11.1. The smallest absolute Gasteiger partial charge is 0.238 e. The summed E-state index contributed by atoms with van der Waals surface area (Å²) in [6.45, 7) is 3.93. The van der Waals surface area contributed by atoms with Gasteiger partial charge in [0, 0.05) is 18.0 Å². The van der Waals surface area contributed by atoms with Gasteiger partial charge in [0.15, 0.2) is 0 Å². The van der Waals surface area contributed by atoms with Crippen molar-refractivity contribution < 1.29 is 13.6 Å². The molecule has 0 bridgehead atoms. The van der Waals surface area contributed by atoms with Gasteiger partial charge in [-0.2, -0.15) is 0 Å². The molecule has 2 rings (SSSR count). The Labute approximate surface area is 157 Å². The van der Waals surface area contributed by atoms with Crippen LogP contribution in [0.15, 0.2) is 53.4 Å². The molecule has 136 valence electrons. The van der Waals surface area contributed by atoms with Gasteiger partial charge in [0.25, 0.3) is 0 Å². The van der Waals surface area contributed by atoms with E-state index in [0.717, 1.165) is 42.1 Å². The van der Waals surface area contributed by atoms with Crippen LogP contribution in [-0.4, -0.2) is 25.5 Å². The van der Waals surface area contributed by atoms with E-state index in [2.05, 4.69) is 10.6 Å². The fraction of sp³-hybridized carbons (Fsp3) is 0.278. The Bertz CT molecular complexity index is 673. The van der Waals surface area contributed by atoms with Crippen LogP contribution in [0.25, 0.3) is 0 Å². The van der Waals surface area contributed by atoms with Gasteiger partial charge in [-0.25, -0.2) is 8.78 Å². The number of likely N-dealkylation sites (N-methyl/N-ethyl adjacent to an activating group) is 1. The highest BCUT2D eigenvalue weighted by Crippen LogP contribution is 2.37. The fourth-order valence-corrected chi connectivity index (χ4v) is 3.24. The lowest BCUT2D eigenvalue weighted by Crippen LogP contribution is -2.34. The number of nitrogens with one attached hydrogen (secondary N) is 2. The van der Waals surface area contributed by atoms with Crippen molar-refractivity contribution in [3.8, 4) is 0 Å². The molecule has 2 N–H and O–H groups in total. The maximum absolute atomic E-state index is 13.9. The van der Waals surface area contributed by atoms with Crippen molar-refractivity contribution in [1.82, 2.24) is 10.6 Å². The quantitative estimate of drug-likeness (QED) is 0.533. The normalized spacial score (nSPS) is 11.5. The van der Waals surface area contributed by atoms with Crippen molar-refractivity contribution in [2.24, 2.45) is 0 Å². The summed E-state index contributed by atoms with van der Waals surface area (Å²) in [6.07, 6.45) is 0. The first-order valence-electron chi connectivity index (χ1n) is 7.77. The van der Waals surface area contributed by atoms with E-state index in [9.17, 15) is 13.6 Å². The monoisotopic (exact) mass is 386 g/mol. The zero-order valence-corrected chi connectivity index (χ0v) is 15.4. The van der Waals surface area contributed by atoms with Crippen LogP contribution in [0.2, 0.25) is 0 Å². The van der Waals surface area contributed by atoms with E-state index in [4.69, 9.17) is 0 Å². The predicted molar refractivity (Wildman–Crippen MR) is 100 cm³/mol. The topological polar surface area (TPSA) is 41.1 Å². The largest absolute Gasteiger partial charge is 0.354 e. The molecule has 1 unspecified atom stereocenters. The van der Waals surface area contributed by atoms with Crippen LogP contribution in [0.1, 0.15) is 17.7 Å². The van der Waals surface area contributed by atoms with Crippen LogP contribution in [0, 0.1) is 11.6 Å². The standard InChI is InChI=1S/C18H20F2N2OS.ClH/c1-2-21-10-11-22-18(23)17(13-6-4-3-5-7-13)24-16-12-14(19)8-9-15(16)20;/h3-9,12,17,21H,2,10-11H2,1H3,(H,22,23);1H. The third kappa shape index (κ3) is 6.65. The highest BCUT2D eigenvalue weighted by molar-refractivity contribution is 8.00. The van der Waals surface area contributed by atoms with E-state index in [1.165, 1.54) is 0 Å². The molecular formula is C18H21ClF2N2OS. The molecule has 0 aliphatic heterocycles. The zero-order valence-electron chi connectivity index (χ0n) is 13.8. The van der Waals surface area contributed by atoms with Crippen molar-refractivity contribution in [2.45, 2.75) is 17.1 Å². The molecule has 0 spiro atoms. The Balaban J connectivity index is 0.00000312. The summed E-state index contributed by atoms with van der Waals surface area (Å²) in [4.78, 5) is 12.6. The minimum absolute atomic E-state index is 0. The van der Waals surface area contributed by atoms with Crippen LogP contribution < -0.4 is 10.6 Å². The predicted octanol–water partition coefficient (Wildman–Crippen LogP) is 3.95. The number of carbonyl (C=O) groups excluding carboxylic acids is 1. The number of halogens is 3. The molecule has 0 fully saturated rings. The molecule has 3 nitrogen and oxygen atoms in total.